The van der Waals surface area contributed by atoms with Gasteiger partial charge in [-0.25, -0.2) is 4.98 Å². The van der Waals surface area contributed by atoms with E-state index in [9.17, 15) is 0 Å². The first-order valence-electron chi connectivity index (χ1n) is 8.91. The number of nitrogens with zero attached hydrogens (tertiary/aromatic N) is 6. The summed E-state index contributed by atoms with van der Waals surface area (Å²) in [5, 5.41) is 0. The molecule has 25 heavy (non-hydrogen) atoms. The van der Waals surface area contributed by atoms with Crippen molar-refractivity contribution in [2.24, 2.45) is 0 Å². The van der Waals surface area contributed by atoms with Gasteiger partial charge in [0.1, 0.15) is 5.82 Å². The number of aromatic nitrogens is 3. The van der Waals surface area contributed by atoms with Crippen molar-refractivity contribution in [3.63, 3.8) is 0 Å². The van der Waals surface area contributed by atoms with Crippen LogP contribution in [0.25, 0.3) is 0 Å². The van der Waals surface area contributed by atoms with E-state index in [1.165, 1.54) is 12.1 Å². The third-order valence-electron chi connectivity index (χ3n) is 4.81. The monoisotopic (exact) mass is 340 g/mol. The predicted molar refractivity (Wildman–Crippen MR) is 102 cm³/mol. The van der Waals surface area contributed by atoms with E-state index in [0.29, 0.717) is 6.04 Å². The van der Waals surface area contributed by atoms with Gasteiger partial charge in [-0.05, 0) is 31.5 Å². The lowest BCUT2D eigenvalue weighted by atomic mass is 10.2. The molecule has 0 spiro atoms. The largest absolute Gasteiger partial charge is 0.355 e. The van der Waals surface area contributed by atoms with Gasteiger partial charge >= 0.3 is 0 Å². The van der Waals surface area contributed by atoms with E-state index in [4.69, 9.17) is 0 Å². The van der Waals surface area contributed by atoms with Gasteiger partial charge in [0, 0.05) is 70.8 Å². The zero-order chi connectivity index (χ0) is 17.8. The molecule has 1 fully saturated rings. The summed E-state index contributed by atoms with van der Waals surface area (Å²) in [5.41, 5.74) is 2.28. The van der Waals surface area contributed by atoms with Crippen molar-refractivity contribution in [3.8, 4) is 0 Å². The van der Waals surface area contributed by atoms with Crippen LogP contribution in [0.15, 0.2) is 30.5 Å². The highest BCUT2D eigenvalue weighted by molar-refractivity contribution is 5.43. The number of hydrogen-bond acceptors (Lipinski definition) is 6. The first kappa shape index (κ1) is 17.6. The molecule has 0 bridgehead atoms. The third-order valence-corrected chi connectivity index (χ3v) is 4.81. The molecular weight excluding hydrogens is 312 g/mol. The molecule has 6 heteroatoms. The van der Waals surface area contributed by atoms with E-state index in [2.05, 4.69) is 43.9 Å². The van der Waals surface area contributed by atoms with Crippen LogP contribution in [0.3, 0.4) is 0 Å². The molecule has 1 saturated heterocycles. The Labute approximate surface area is 150 Å². The molecule has 3 rings (SSSR count). The maximum absolute atomic E-state index is 4.66. The van der Waals surface area contributed by atoms with Crippen LogP contribution in [-0.4, -0.2) is 66.7 Å². The van der Waals surface area contributed by atoms with Gasteiger partial charge < -0.3 is 14.7 Å². The van der Waals surface area contributed by atoms with Crippen LogP contribution in [0.5, 0.6) is 0 Å². The molecule has 6 nitrogen and oxygen atoms in total. The van der Waals surface area contributed by atoms with E-state index < -0.39 is 0 Å². The number of aryl methyl sites for hydroxylation is 1. The summed E-state index contributed by atoms with van der Waals surface area (Å²) < 4.78 is 0. The predicted octanol–water partition coefficient (Wildman–Crippen LogP) is 2.00. The highest BCUT2D eigenvalue weighted by Gasteiger charge is 2.26. The summed E-state index contributed by atoms with van der Waals surface area (Å²) in [5.74, 6) is 1.75. The Morgan fingerprint density at radius 3 is 2.76 bits per heavy atom. The Morgan fingerprint density at radius 1 is 1.16 bits per heavy atom. The molecule has 3 heterocycles. The SMILES string of the molecule is Cc1cccc(CCN2CCC(N(C)c3ccnc(N(C)C)n3)C2)n1. The molecule has 0 radical (unpaired) electrons. The molecular formula is C19H28N6. The summed E-state index contributed by atoms with van der Waals surface area (Å²) in [6, 6.07) is 8.75. The summed E-state index contributed by atoms with van der Waals surface area (Å²) in [7, 11) is 6.07. The van der Waals surface area contributed by atoms with Crippen molar-refractivity contribution in [3.05, 3.63) is 41.9 Å². The van der Waals surface area contributed by atoms with Crippen molar-refractivity contribution in [2.45, 2.75) is 25.8 Å². The van der Waals surface area contributed by atoms with Gasteiger partial charge in [-0.15, -0.1) is 0 Å². The Balaban J connectivity index is 1.56. The molecule has 134 valence electrons. The third kappa shape index (κ3) is 4.45. The molecule has 1 unspecified atom stereocenters. The highest BCUT2D eigenvalue weighted by atomic mass is 15.3. The van der Waals surface area contributed by atoms with E-state index in [1.807, 2.05) is 44.2 Å². The standard InChI is InChI=1S/C19H28N6/c1-15-6-5-7-16(21-15)9-12-25-13-10-17(14-25)24(4)18-8-11-20-19(22-18)23(2)3/h5-8,11,17H,9-10,12-14H2,1-4H3. The van der Waals surface area contributed by atoms with Crippen LogP contribution in [0.4, 0.5) is 11.8 Å². The van der Waals surface area contributed by atoms with Gasteiger partial charge in [-0.3, -0.25) is 4.98 Å². The second-order valence-corrected chi connectivity index (χ2v) is 6.98. The molecule has 0 aliphatic carbocycles. The van der Waals surface area contributed by atoms with Gasteiger partial charge in [-0.2, -0.15) is 4.98 Å². The summed E-state index contributed by atoms with van der Waals surface area (Å²) in [4.78, 5) is 20.3. The fraction of sp³-hybridized carbons (Fsp3) is 0.526. The second kappa shape index (κ2) is 7.78. The summed E-state index contributed by atoms with van der Waals surface area (Å²) in [6.45, 7) is 5.32. The van der Waals surface area contributed by atoms with Gasteiger partial charge in [0.25, 0.3) is 0 Å². The number of pyridine rings is 1. The lowest BCUT2D eigenvalue weighted by Gasteiger charge is -2.26. The first-order valence-corrected chi connectivity index (χ1v) is 8.91. The van der Waals surface area contributed by atoms with Crippen molar-refractivity contribution >= 4 is 11.8 Å². The van der Waals surface area contributed by atoms with Gasteiger partial charge in [0.2, 0.25) is 5.95 Å². The Hall–Kier alpha value is -2.21. The van der Waals surface area contributed by atoms with Crippen LogP contribution < -0.4 is 9.80 Å². The van der Waals surface area contributed by atoms with Crippen LogP contribution in [0.2, 0.25) is 0 Å². The quantitative estimate of drug-likeness (QED) is 0.802. The average molecular weight is 340 g/mol. The van der Waals surface area contributed by atoms with E-state index >= 15 is 0 Å². The lowest BCUT2D eigenvalue weighted by molar-refractivity contribution is 0.336. The topological polar surface area (TPSA) is 48.4 Å². The van der Waals surface area contributed by atoms with Crippen molar-refractivity contribution < 1.29 is 0 Å². The molecule has 0 aromatic carbocycles. The number of likely N-dealkylation sites (N-methyl/N-ethyl adjacent to an activating group) is 1. The maximum atomic E-state index is 4.66. The molecule has 2 aromatic heterocycles. The van der Waals surface area contributed by atoms with Crippen LogP contribution >= 0.6 is 0 Å². The van der Waals surface area contributed by atoms with Crippen molar-refractivity contribution in [1.82, 2.24) is 19.9 Å². The van der Waals surface area contributed by atoms with Crippen molar-refractivity contribution in [1.29, 1.82) is 0 Å². The van der Waals surface area contributed by atoms with Crippen molar-refractivity contribution in [2.75, 3.05) is 50.6 Å². The van der Waals surface area contributed by atoms with Crippen LogP contribution in [0.1, 0.15) is 17.8 Å². The smallest absolute Gasteiger partial charge is 0.226 e. The number of likely N-dealkylation sites (tertiary alicyclic amines) is 1. The minimum Gasteiger partial charge on any atom is -0.355 e. The van der Waals surface area contributed by atoms with Gasteiger partial charge in [0.15, 0.2) is 0 Å². The molecule has 0 amide bonds. The molecule has 1 atom stereocenters. The Kier molecular flexibility index (Phi) is 5.48. The first-order chi connectivity index (χ1) is 12.0. The summed E-state index contributed by atoms with van der Waals surface area (Å²) in [6.07, 6.45) is 4.01. The highest BCUT2D eigenvalue weighted by Crippen LogP contribution is 2.21. The normalized spacial score (nSPS) is 17.7. The number of anilines is 2. The number of rotatable bonds is 6. The molecule has 0 N–H and O–H groups in total. The van der Waals surface area contributed by atoms with E-state index in [1.54, 1.807) is 0 Å². The van der Waals surface area contributed by atoms with E-state index in [0.717, 1.165) is 43.5 Å². The molecule has 1 aliphatic heterocycles. The fourth-order valence-corrected chi connectivity index (χ4v) is 3.28. The lowest BCUT2D eigenvalue weighted by Crippen LogP contribution is -2.35. The molecule has 1 aliphatic rings. The second-order valence-electron chi connectivity index (χ2n) is 6.98. The Bertz CT molecular complexity index is 702. The zero-order valence-corrected chi connectivity index (χ0v) is 15.7. The maximum Gasteiger partial charge on any atom is 0.226 e. The minimum absolute atomic E-state index is 0.496. The fourth-order valence-electron chi connectivity index (χ4n) is 3.28. The van der Waals surface area contributed by atoms with Gasteiger partial charge in [0.05, 0.1) is 0 Å². The van der Waals surface area contributed by atoms with Gasteiger partial charge in [-0.1, -0.05) is 6.07 Å². The van der Waals surface area contributed by atoms with E-state index in [-0.39, 0.29) is 0 Å². The minimum atomic E-state index is 0.496. The average Bonchev–Trinajstić information content (AvgIpc) is 3.08. The summed E-state index contributed by atoms with van der Waals surface area (Å²) >= 11 is 0. The molecule has 2 aromatic rings. The zero-order valence-electron chi connectivity index (χ0n) is 15.7. The Morgan fingerprint density at radius 2 is 2.00 bits per heavy atom. The molecule has 0 saturated carbocycles. The number of hydrogen-bond donors (Lipinski definition) is 0. The van der Waals surface area contributed by atoms with Crippen LogP contribution in [-0.2, 0) is 6.42 Å². The van der Waals surface area contributed by atoms with Crippen LogP contribution in [0, 0.1) is 6.92 Å².